The molecule has 0 bridgehead atoms. The lowest BCUT2D eigenvalue weighted by Gasteiger charge is -1.76. The Bertz CT molecular complexity index is 197. The van der Waals surface area contributed by atoms with Gasteiger partial charge in [0.1, 0.15) is 6.34 Å². The van der Waals surface area contributed by atoms with E-state index >= 15 is 0 Å². The van der Waals surface area contributed by atoms with Crippen molar-refractivity contribution in [3.05, 3.63) is 6.20 Å². The van der Waals surface area contributed by atoms with E-state index in [1.54, 1.807) is 0 Å². The molecule has 0 aromatic carbocycles. The molecule has 0 unspecified atom stereocenters. The average molecular weight is 219 g/mol. The zero-order valence-electron chi connectivity index (χ0n) is 3.87. The van der Waals surface area contributed by atoms with Gasteiger partial charge in [0.15, 0.2) is 3.84 Å². The molecule has 40 valence electrons. The molecule has 3 nitrogen and oxygen atoms in total. The number of halogens is 1. The van der Waals surface area contributed by atoms with Crippen LogP contribution in [0.25, 0.3) is 0 Å². The molecule has 0 radical (unpaired) electrons. The van der Waals surface area contributed by atoms with Crippen LogP contribution in [0.1, 0.15) is 0 Å². The molecule has 0 saturated carbocycles. The van der Waals surface area contributed by atoms with Gasteiger partial charge >= 0.3 is 0 Å². The second-order valence-electron chi connectivity index (χ2n) is 1.03. The number of aliphatic imine (C=N–C) groups is 3. The highest BCUT2D eigenvalue weighted by Crippen LogP contribution is 1.92. The van der Waals surface area contributed by atoms with Gasteiger partial charge in [0.25, 0.3) is 0 Å². The zero-order valence-corrected chi connectivity index (χ0v) is 6.03. The molecule has 0 saturated heterocycles. The normalized spacial score (nSPS) is 15.9. The van der Waals surface area contributed by atoms with Gasteiger partial charge in [-0.05, 0) is 0 Å². The molecule has 0 fully saturated rings. The predicted octanol–water partition coefficient (Wildman–Crippen LogP) is 1.00. The molecule has 1 rings (SSSR count). The SMILES string of the molecule is IC1=NC=C=NC=N1. The highest BCUT2D eigenvalue weighted by molar-refractivity contribution is 14.1. The molecule has 8 heavy (non-hydrogen) atoms. The standard InChI is InChI=1S/C4H2IN3/c5-4-7-2-1-6-3-8-4/h2-3H. The summed E-state index contributed by atoms with van der Waals surface area (Å²) in [5.41, 5.74) is 0. The molecule has 0 aromatic rings. The molecule has 0 atom stereocenters. The first-order valence-electron chi connectivity index (χ1n) is 1.92. The topological polar surface area (TPSA) is 37.1 Å². The fraction of sp³-hybridized carbons (Fsp3) is 0. The molecule has 0 aliphatic carbocycles. The maximum absolute atomic E-state index is 3.80. The first-order chi connectivity index (χ1) is 3.89. The number of nitrogens with zero attached hydrogens (tertiary/aromatic N) is 3. The summed E-state index contributed by atoms with van der Waals surface area (Å²) >= 11 is 2.00. The van der Waals surface area contributed by atoms with E-state index in [-0.39, 0.29) is 0 Å². The van der Waals surface area contributed by atoms with E-state index in [1.807, 2.05) is 22.6 Å². The first kappa shape index (κ1) is 5.65. The molecular formula is C4H2IN3. The Kier molecular flexibility index (Phi) is 1.93. The van der Waals surface area contributed by atoms with Crippen molar-refractivity contribution < 1.29 is 0 Å². The molecule has 0 amide bonds. The van der Waals surface area contributed by atoms with E-state index < -0.39 is 0 Å². The van der Waals surface area contributed by atoms with Crippen LogP contribution in [0.2, 0.25) is 0 Å². The quantitative estimate of drug-likeness (QED) is 0.430. The Morgan fingerprint density at radius 2 is 2.50 bits per heavy atom. The lowest BCUT2D eigenvalue weighted by molar-refractivity contribution is 1.59. The minimum atomic E-state index is 0.677. The van der Waals surface area contributed by atoms with Crippen LogP contribution < -0.4 is 0 Å². The molecule has 1 heterocycles. The van der Waals surface area contributed by atoms with E-state index in [2.05, 4.69) is 20.8 Å². The minimum Gasteiger partial charge on any atom is -0.221 e. The third-order valence-electron chi connectivity index (χ3n) is 0.525. The summed E-state index contributed by atoms with van der Waals surface area (Å²) < 4.78 is 0.677. The van der Waals surface area contributed by atoms with Crippen molar-refractivity contribution in [2.24, 2.45) is 15.0 Å². The van der Waals surface area contributed by atoms with Crippen LogP contribution in [-0.4, -0.2) is 16.1 Å². The lowest BCUT2D eigenvalue weighted by Crippen LogP contribution is -1.74. The van der Waals surface area contributed by atoms with Crippen molar-refractivity contribution in [2.75, 3.05) is 0 Å². The molecule has 1 aliphatic heterocycles. The number of hydrogen-bond donors (Lipinski definition) is 0. The summed E-state index contributed by atoms with van der Waals surface area (Å²) in [6, 6.07) is 0. The molecule has 0 N–H and O–H groups in total. The third-order valence-corrected chi connectivity index (χ3v) is 1.08. The van der Waals surface area contributed by atoms with E-state index in [1.165, 1.54) is 12.5 Å². The number of amidine groups is 1. The van der Waals surface area contributed by atoms with E-state index in [4.69, 9.17) is 0 Å². The van der Waals surface area contributed by atoms with Gasteiger partial charge in [0.2, 0.25) is 0 Å². The fourth-order valence-corrected chi connectivity index (χ4v) is 0.522. The molecule has 4 heteroatoms. The number of hydrogen-bond acceptors (Lipinski definition) is 3. The minimum absolute atomic E-state index is 0.677. The Balaban J connectivity index is 2.90. The Labute approximate surface area is 60.1 Å². The monoisotopic (exact) mass is 219 g/mol. The van der Waals surface area contributed by atoms with Crippen molar-refractivity contribution >= 4 is 38.6 Å². The van der Waals surface area contributed by atoms with Gasteiger partial charge < -0.3 is 0 Å². The fourth-order valence-electron chi connectivity index (χ4n) is 0.259. The maximum atomic E-state index is 3.80. The van der Waals surface area contributed by atoms with Crippen LogP contribution in [0.5, 0.6) is 0 Å². The maximum Gasteiger partial charge on any atom is 0.192 e. The van der Waals surface area contributed by atoms with Crippen molar-refractivity contribution in [1.29, 1.82) is 0 Å². The first-order valence-corrected chi connectivity index (χ1v) is 3.00. The molecular weight excluding hydrogens is 217 g/mol. The van der Waals surface area contributed by atoms with Gasteiger partial charge in [-0.15, -0.1) is 0 Å². The Morgan fingerprint density at radius 1 is 1.62 bits per heavy atom. The van der Waals surface area contributed by atoms with Gasteiger partial charge in [0.05, 0.1) is 6.20 Å². The predicted molar refractivity (Wildman–Crippen MR) is 42.0 cm³/mol. The van der Waals surface area contributed by atoms with Crippen molar-refractivity contribution in [3.63, 3.8) is 0 Å². The zero-order chi connectivity index (χ0) is 5.82. The van der Waals surface area contributed by atoms with Crippen molar-refractivity contribution in [1.82, 2.24) is 0 Å². The molecule has 0 aromatic heterocycles. The van der Waals surface area contributed by atoms with E-state index in [0.717, 1.165) is 0 Å². The Hall–Kier alpha value is -0.480. The largest absolute Gasteiger partial charge is 0.221 e. The third kappa shape index (κ3) is 1.55. The van der Waals surface area contributed by atoms with Crippen molar-refractivity contribution in [3.8, 4) is 0 Å². The van der Waals surface area contributed by atoms with Gasteiger partial charge in [-0.1, -0.05) is 0 Å². The van der Waals surface area contributed by atoms with Crippen molar-refractivity contribution in [2.45, 2.75) is 0 Å². The summed E-state index contributed by atoms with van der Waals surface area (Å²) in [5, 5.41) is 0. The summed E-state index contributed by atoms with van der Waals surface area (Å²) in [4.78, 5) is 11.2. The summed E-state index contributed by atoms with van der Waals surface area (Å²) in [7, 11) is 0. The second-order valence-corrected chi connectivity index (χ2v) is 1.99. The van der Waals surface area contributed by atoms with E-state index in [0.29, 0.717) is 3.84 Å². The average Bonchev–Trinajstić information content (AvgIpc) is 1.94. The highest BCUT2D eigenvalue weighted by Gasteiger charge is 1.82. The lowest BCUT2D eigenvalue weighted by atomic mass is 11.0. The van der Waals surface area contributed by atoms with Gasteiger partial charge in [-0.3, -0.25) is 0 Å². The summed E-state index contributed by atoms with van der Waals surface area (Å²) in [6.45, 7) is 0. The summed E-state index contributed by atoms with van der Waals surface area (Å²) in [5.74, 6) is 2.54. The molecule has 1 aliphatic rings. The Morgan fingerprint density at radius 3 is 3.38 bits per heavy atom. The van der Waals surface area contributed by atoms with Crippen LogP contribution in [0.3, 0.4) is 0 Å². The van der Waals surface area contributed by atoms with Gasteiger partial charge in [-0.25, -0.2) is 9.98 Å². The van der Waals surface area contributed by atoms with Crippen LogP contribution in [0.15, 0.2) is 21.2 Å². The van der Waals surface area contributed by atoms with Gasteiger partial charge in [0, 0.05) is 28.5 Å². The van der Waals surface area contributed by atoms with Crippen LogP contribution >= 0.6 is 22.6 Å². The van der Waals surface area contributed by atoms with Crippen LogP contribution in [-0.2, 0) is 0 Å². The second kappa shape index (κ2) is 2.74. The highest BCUT2D eigenvalue weighted by atomic mass is 127. The number of rotatable bonds is 0. The summed E-state index contributed by atoms with van der Waals surface area (Å²) in [6.07, 6.45) is 2.89. The van der Waals surface area contributed by atoms with Gasteiger partial charge in [-0.2, -0.15) is 4.99 Å². The smallest absolute Gasteiger partial charge is 0.192 e. The van der Waals surface area contributed by atoms with Crippen LogP contribution in [0, 0.1) is 0 Å². The van der Waals surface area contributed by atoms with Crippen LogP contribution in [0.4, 0.5) is 0 Å². The van der Waals surface area contributed by atoms with E-state index in [9.17, 15) is 0 Å². The molecule has 0 spiro atoms.